The summed E-state index contributed by atoms with van der Waals surface area (Å²) in [5.41, 5.74) is 5.56. The van der Waals surface area contributed by atoms with E-state index in [0.717, 1.165) is 32.9 Å². The van der Waals surface area contributed by atoms with Crippen LogP contribution in [0.2, 0.25) is 0 Å². The van der Waals surface area contributed by atoms with Crippen LogP contribution in [0.25, 0.3) is 22.3 Å². The van der Waals surface area contributed by atoms with Crippen molar-refractivity contribution in [1.82, 2.24) is 20.1 Å². The number of carbonyl (C=O) groups is 2. The van der Waals surface area contributed by atoms with Gasteiger partial charge in [0, 0.05) is 27.0 Å². The van der Waals surface area contributed by atoms with Crippen molar-refractivity contribution in [3.63, 3.8) is 0 Å². The fraction of sp³-hybridized carbons (Fsp3) is 0.308. The summed E-state index contributed by atoms with van der Waals surface area (Å²) in [6.07, 6.45) is 1.67. The number of aryl methyl sites for hydroxylation is 4. The van der Waals surface area contributed by atoms with E-state index in [1.54, 1.807) is 23.6 Å². The van der Waals surface area contributed by atoms with Crippen LogP contribution in [0.3, 0.4) is 0 Å². The third-order valence-electron chi connectivity index (χ3n) is 5.77. The maximum Gasteiger partial charge on any atom is 0.252 e. The summed E-state index contributed by atoms with van der Waals surface area (Å²) < 4.78 is 1.82. The predicted molar refractivity (Wildman–Crippen MR) is 138 cm³/mol. The number of thiophene rings is 1. The smallest absolute Gasteiger partial charge is 0.252 e. The molecule has 4 aromatic rings. The number of carbonyl (C=O) groups excluding carboxylic acids is 2. The number of benzene rings is 1. The van der Waals surface area contributed by atoms with E-state index in [1.807, 2.05) is 50.6 Å². The highest BCUT2D eigenvalue weighted by atomic mass is 32.1. The molecular weight excluding hydrogens is 446 g/mol. The van der Waals surface area contributed by atoms with Crippen molar-refractivity contribution in [2.24, 2.45) is 0 Å². The lowest BCUT2D eigenvalue weighted by Crippen LogP contribution is -2.33. The molecule has 0 bridgehead atoms. The van der Waals surface area contributed by atoms with Crippen molar-refractivity contribution in [2.75, 3.05) is 11.9 Å². The molecule has 3 aromatic heterocycles. The zero-order valence-electron chi connectivity index (χ0n) is 20.3. The molecule has 0 spiro atoms. The number of anilines is 1. The SMILES string of the molecule is Cc1cc(-c2cc(C(=O)NCC(=O)Nc3c(C)cccc3C)c3cnn(C(C)C)c3n2)c(C)s1. The first-order valence-electron chi connectivity index (χ1n) is 11.3. The highest BCUT2D eigenvalue weighted by Gasteiger charge is 2.20. The van der Waals surface area contributed by atoms with Gasteiger partial charge in [-0.1, -0.05) is 18.2 Å². The lowest BCUT2D eigenvalue weighted by molar-refractivity contribution is -0.115. The van der Waals surface area contributed by atoms with Crippen LogP contribution in [-0.2, 0) is 4.79 Å². The lowest BCUT2D eigenvalue weighted by atomic mass is 10.1. The number of amides is 2. The Labute approximate surface area is 203 Å². The van der Waals surface area contributed by atoms with Gasteiger partial charge in [-0.15, -0.1) is 11.3 Å². The summed E-state index contributed by atoms with van der Waals surface area (Å²) in [5, 5.41) is 10.8. The van der Waals surface area contributed by atoms with Crippen LogP contribution in [0.5, 0.6) is 0 Å². The summed E-state index contributed by atoms with van der Waals surface area (Å²) in [4.78, 5) is 33.0. The van der Waals surface area contributed by atoms with E-state index in [2.05, 4.69) is 35.6 Å². The van der Waals surface area contributed by atoms with Crippen molar-refractivity contribution in [2.45, 2.75) is 47.6 Å². The Morgan fingerprint density at radius 3 is 2.41 bits per heavy atom. The number of hydrogen-bond donors (Lipinski definition) is 2. The van der Waals surface area contributed by atoms with Gasteiger partial charge in [-0.05, 0) is 64.8 Å². The zero-order valence-corrected chi connectivity index (χ0v) is 21.1. The molecule has 2 amide bonds. The van der Waals surface area contributed by atoms with E-state index in [0.29, 0.717) is 16.6 Å². The van der Waals surface area contributed by atoms with E-state index in [9.17, 15) is 9.59 Å². The molecule has 2 N–H and O–H groups in total. The van der Waals surface area contributed by atoms with Gasteiger partial charge in [-0.2, -0.15) is 5.10 Å². The molecule has 0 aliphatic heterocycles. The van der Waals surface area contributed by atoms with E-state index in [1.165, 1.54) is 4.88 Å². The number of para-hydroxylation sites is 1. The second-order valence-electron chi connectivity index (χ2n) is 8.80. The molecule has 176 valence electrons. The van der Waals surface area contributed by atoms with Gasteiger partial charge in [0.1, 0.15) is 0 Å². The van der Waals surface area contributed by atoms with Crippen molar-refractivity contribution in [3.05, 3.63) is 63.0 Å². The summed E-state index contributed by atoms with van der Waals surface area (Å²) >= 11 is 1.70. The van der Waals surface area contributed by atoms with Gasteiger partial charge in [0.05, 0.1) is 29.4 Å². The van der Waals surface area contributed by atoms with Gasteiger partial charge in [0.15, 0.2) is 5.65 Å². The van der Waals surface area contributed by atoms with Crippen LogP contribution < -0.4 is 10.6 Å². The zero-order chi connectivity index (χ0) is 24.6. The Morgan fingerprint density at radius 2 is 1.79 bits per heavy atom. The van der Waals surface area contributed by atoms with Crippen molar-refractivity contribution in [3.8, 4) is 11.3 Å². The normalized spacial score (nSPS) is 11.3. The minimum absolute atomic E-state index is 0.0876. The van der Waals surface area contributed by atoms with Crippen LogP contribution >= 0.6 is 11.3 Å². The van der Waals surface area contributed by atoms with Gasteiger partial charge in [0.2, 0.25) is 5.91 Å². The Bertz CT molecular complexity index is 1380. The second-order valence-corrected chi connectivity index (χ2v) is 10.3. The third kappa shape index (κ3) is 4.59. The molecule has 0 aliphatic rings. The molecule has 3 heterocycles. The number of rotatable bonds is 6. The molecule has 0 atom stereocenters. The highest BCUT2D eigenvalue weighted by Crippen LogP contribution is 2.32. The molecular formula is C26H29N5O2S. The number of nitrogens with one attached hydrogen (secondary N) is 2. The van der Waals surface area contributed by atoms with Crippen LogP contribution in [0, 0.1) is 27.7 Å². The van der Waals surface area contributed by atoms with Crippen molar-refractivity contribution in [1.29, 1.82) is 0 Å². The van der Waals surface area contributed by atoms with Crippen LogP contribution in [0.15, 0.2) is 36.5 Å². The molecule has 7 nitrogen and oxygen atoms in total. The van der Waals surface area contributed by atoms with Crippen molar-refractivity contribution >= 4 is 39.9 Å². The lowest BCUT2D eigenvalue weighted by Gasteiger charge is -2.13. The molecule has 4 rings (SSSR count). The first-order valence-corrected chi connectivity index (χ1v) is 12.1. The molecule has 8 heteroatoms. The predicted octanol–water partition coefficient (Wildman–Crippen LogP) is 5.34. The molecule has 0 aliphatic carbocycles. The van der Waals surface area contributed by atoms with Crippen LogP contribution in [0.1, 0.15) is 51.1 Å². The fourth-order valence-electron chi connectivity index (χ4n) is 4.06. The third-order valence-corrected chi connectivity index (χ3v) is 6.74. The maximum absolute atomic E-state index is 13.2. The maximum atomic E-state index is 13.2. The van der Waals surface area contributed by atoms with E-state index >= 15 is 0 Å². The largest absolute Gasteiger partial charge is 0.343 e. The first kappa shape index (κ1) is 23.6. The van der Waals surface area contributed by atoms with Gasteiger partial charge < -0.3 is 10.6 Å². The molecule has 0 radical (unpaired) electrons. The molecule has 0 unspecified atom stereocenters. The Balaban J connectivity index is 1.64. The standard InChI is InChI=1S/C26H29N5O2S/c1-14(2)31-25-21(12-28-31)20(11-22(29-25)19-10-17(5)34-18(19)6)26(33)27-13-23(32)30-24-15(3)8-7-9-16(24)4/h7-12,14H,13H2,1-6H3,(H,27,33)(H,30,32). The summed E-state index contributed by atoms with van der Waals surface area (Å²) in [5.74, 6) is -0.614. The van der Waals surface area contributed by atoms with Crippen molar-refractivity contribution < 1.29 is 9.59 Å². The average molecular weight is 476 g/mol. The topological polar surface area (TPSA) is 88.9 Å². The number of hydrogen-bond acceptors (Lipinski definition) is 5. The van der Waals surface area contributed by atoms with Gasteiger partial charge in [0.25, 0.3) is 5.91 Å². The Hall–Kier alpha value is -3.52. The molecule has 0 fully saturated rings. The molecule has 0 saturated heterocycles. The summed E-state index contributed by atoms with van der Waals surface area (Å²) in [6.45, 7) is 11.9. The number of fused-ring (bicyclic) bond motifs is 1. The Kier molecular flexibility index (Phi) is 6.52. The van der Waals surface area contributed by atoms with Gasteiger partial charge >= 0.3 is 0 Å². The highest BCUT2D eigenvalue weighted by molar-refractivity contribution is 7.12. The average Bonchev–Trinajstić information content (AvgIpc) is 3.36. The molecule has 0 saturated carbocycles. The Morgan fingerprint density at radius 1 is 1.09 bits per heavy atom. The van der Waals surface area contributed by atoms with Crippen LogP contribution in [-0.4, -0.2) is 33.1 Å². The molecule has 34 heavy (non-hydrogen) atoms. The summed E-state index contributed by atoms with van der Waals surface area (Å²) in [7, 11) is 0. The van der Waals surface area contributed by atoms with E-state index in [-0.39, 0.29) is 24.4 Å². The quantitative estimate of drug-likeness (QED) is 0.394. The number of pyridine rings is 1. The number of aromatic nitrogens is 3. The first-order chi connectivity index (χ1) is 16.2. The van der Waals surface area contributed by atoms with E-state index in [4.69, 9.17) is 4.98 Å². The van der Waals surface area contributed by atoms with Crippen LogP contribution in [0.4, 0.5) is 5.69 Å². The van der Waals surface area contributed by atoms with Gasteiger partial charge in [-0.25, -0.2) is 9.67 Å². The monoisotopic (exact) mass is 475 g/mol. The minimum atomic E-state index is -0.335. The summed E-state index contributed by atoms with van der Waals surface area (Å²) in [6, 6.07) is 9.80. The molecule has 1 aromatic carbocycles. The second kappa shape index (κ2) is 9.38. The van der Waals surface area contributed by atoms with Gasteiger partial charge in [-0.3, -0.25) is 9.59 Å². The van der Waals surface area contributed by atoms with E-state index < -0.39 is 0 Å². The minimum Gasteiger partial charge on any atom is -0.343 e. The fourth-order valence-corrected chi connectivity index (χ4v) is 4.99. The number of nitrogens with zero attached hydrogens (tertiary/aromatic N) is 3.